The number of ether oxygens (including phenoxy) is 1. The van der Waals surface area contributed by atoms with Gasteiger partial charge in [-0.25, -0.2) is 4.79 Å². The van der Waals surface area contributed by atoms with Crippen molar-refractivity contribution in [2.45, 2.75) is 51.8 Å². The third kappa shape index (κ3) is 5.47. The van der Waals surface area contributed by atoms with Crippen molar-refractivity contribution in [2.75, 3.05) is 12.4 Å². The molecular weight excluding hydrogens is 338 g/mol. The summed E-state index contributed by atoms with van der Waals surface area (Å²) in [4.78, 5) is 25.0. The predicted molar refractivity (Wildman–Crippen MR) is 99.9 cm³/mol. The highest BCUT2D eigenvalue weighted by atomic mass is 32.2. The van der Waals surface area contributed by atoms with Crippen LogP contribution in [0.1, 0.15) is 50.4 Å². The van der Waals surface area contributed by atoms with Crippen molar-refractivity contribution in [2.24, 2.45) is 5.92 Å². The van der Waals surface area contributed by atoms with Crippen LogP contribution in [0.25, 0.3) is 0 Å². The van der Waals surface area contributed by atoms with Crippen molar-refractivity contribution in [3.05, 3.63) is 35.9 Å². The van der Waals surface area contributed by atoms with Gasteiger partial charge in [0.05, 0.1) is 12.6 Å². The van der Waals surface area contributed by atoms with E-state index in [1.54, 1.807) is 13.8 Å². The summed E-state index contributed by atoms with van der Waals surface area (Å²) >= 11 is 1.36. The summed E-state index contributed by atoms with van der Waals surface area (Å²) in [6, 6.07) is 9.23. The second kappa shape index (κ2) is 8.72. The molecule has 1 aromatic rings. The van der Waals surface area contributed by atoms with E-state index in [1.807, 2.05) is 30.3 Å². The fraction of sp³-hybridized carbons (Fsp3) is 0.579. The molecular formula is C19H27NO4S. The number of carbonyl (C=O) groups excluding carboxylic acids is 1. The summed E-state index contributed by atoms with van der Waals surface area (Å²) in [5.41, 5.74) is -0.0118. The lowest BCUT2D eigenvalue weighted by molar-refractivity contribution is -0.0421. The molecule has 1 aliphatic heterocycles. The van der Waals surface area contributed by atoms with E-state index in [-0.39, 0.29) is 11.2 Å². The first-order chi connectivity index (χ1) is 11.8. The molecule has 0 aliphatic carbocycles. The van der Waals surface area contributed by atoms with Gasteiger partial charge in [0.2, 0.25) is 5.12 Å². The Morgan fingerprint density at radius 2 is 2.04 bits per heavy atom. The number of rotatable bonds is 7. The van der Waals surface area contributed by atoms with E-state index >= 15 is 0 Å². The lowest BCUT2D eigenvalue weighted by Gasteiger charge is -2.31. The molecule has 0 bridgehead atoms. The molecule has 1 fully saturated rings. The van der Waals surface area contributed by atoms with Crippen LogP contribution in [0.15, 0.2) is 30.3 Å². The minimum atomic E-state index is -0.926. The quantitative estimate of drug-likeness (QED) is 0.771. The Hall–Kier alpha value is -1.53. The Kier molecular flexibility index (Phi) is 6.90. The maximum Gasteiger partial charge on any atom is 0.409 e. The van der Waals surface area contributed by atoms with E-state index in [2.05, 4.69) is 6.92 Å². The molecule has 0 spiro atoms. The standard InChI is InChI=1S/C19H27NO4S/c1-14(13-25-17(21)15-9-5-4-6-10-15)8-7-11-16-12-24-19(2,3)20(16)18(22)23/h4-6,9-10,14,16H,7-8,11-13H2,1-3H3,(H,22,23). The summed E-state index contributed by atoms with van der Waals surface area (Å²) in [6.45, 7) is 6.16. The molecule has 1 saturated heterocycles. The fourth-order valence-electron chi connectivity index (χ4n) is 3.14. The lowest BCUT2D eigenvalue weighted by Crippen LogP contribution is -2.47. The highest BCUT2D eigenvalue weighted by Gasteiger charge is 2.43. The van der Waals surface area contributed by atoms with Crippen LogP contribution in [0.4, 0.5) is 4.79 Å². The molecule has 1 aromatic carbocycles. The average Bonchev–Trinajstić information content (AvgIpc) is 2.88. The highest BCUT2D eigenvalue weighted by molar-refractivity contribution is 8.14. The number of hydrogen-bond acceptors (Lipinski definition) is 4. The number of thioether (sulfide) groups is 1. The van der Waals surface area contributed by atoms with Gasteiger partial charge >= 0.3 is 6.09 Å². The number of carbonyl (C=O) groups is 2. The molecule has 138 valence electrons. The number of carboxylic acid groups (broad SMARTS) is 1. The molecule has 2 unspecified atom stereocenters. The summed E-state index contributed by atoms with van der Waals surface area (Å²) in [7, 11) is 0. The van der Waals surface area contributed by atoms with Gasteiger partial charge in [-0.1, -0.05) is 55.4 Å². The molecule has 1 aliphatic rings. The van der Waals surface area contributed by atoms with E-state index in [1.165, 1.54) is 16.7 Å². The first-order valence-corrected chi connectivity index (χ1v) is 9.68. The summed E-state index contributed by atoms with van der Waals surface area (Å²) < 4.78 is 5.61. The molecule has 0 aromatic heterocycles. The van der Waals surface area contributed by atoms with Crippen LogP contribution in [0.2, 0.25) is 0 Å². The second-order valence-electron chi connectivity index (χ2n) is 7.06. The van der Waals surface area contributed by atoms with E-state index in [0.29, 0.717) is 12.5 Å². The maximum absolute atomic E-state index is 12.1. The van der Waals surface area contributed by atoms with Gasteiger partial charge in [-0.2, -0.15) is 0 Å². The van der Waals surface area contributed by atoms with Crippen LogP contribution in [-0.4, -0.2) is 45.3 Å². The number of benzene rings is 1. The zero-order chi connectivity index (χ0) is 18.4. The molecule has 0 saturated carbocycles. The average molecular weight is 365 g/mol. The molecule has 25 heavy (non-hydrogen) atoms. The topological polar surface area (TPSA) is 66.8 Å². The number of nitrogens with zero attached hydrogens (tertiary/aromatic N) is 1. The molecule has 0 radical (unpaired) electrons. The summed E-state index contributed by atoms with van der Waals surface area (Å²) in [5, 5.41) is 9.49. The van der Waals surface area contributed by atoms with E-state index in [4.69, 9.17) is 4.74 Å². The van der Waals surface area contributed by atoms with Gasteiger partial charge in [-0.05, 0) is 32.6 Å². The van der Waals surface area contributed by atoms with Gasteiger partial charge < -0.3 is 9.84 Å². The Morgan fingerprint density at radius 1 is 1.36 bits per heavy atom. The van der Waals surface area contributed by atoms with Gasteiger partial charge in [0.15, 0.2) is 0 Å². The predicted octanol–water partition coefficient (Wildman–Crippen LogP) is 4.48. The molecule has 1 heterocycles. The second-order valence-corrected chi connectivity index (χ2v) is 8.06. The number of amides is 1. The van der Waals surface area contributed by atoms with E-state index < -0.39 is 11.8 Å². The Labute approximate surface area is 153 Å². The van der Waals surface area contributed by atoms with Crippen LogP contribution in [0, 0.1) is 5.92 Å². The van der Waals surface area contributed by atoms with Gasteiger partial charge in [-0.3, -0.25) is 9.69 Å². The van der Waals surface area contributed by atoms with E-state index in [9.17, 15) is 14.7 Å². The lowest BCUT2D eigenvalue weighted by atomic mass is 10.0. The molecule has 5 nitrogen and oxygen atoms in total. The van der Waals surface area contributed by atoms with Gasteiger partial charge in [0.1, 0.15) is 5.72 Å². The van der Waals surface area contributed by atoms with Gasteiger partial charge in [0.25, 0.3) is 0 Å². The van der Waals surface area contributed by atoms with Crippen LogP contribution in [0.3, 0.4) is 0 Å². The zero-order valence-electron chi connectivity index (χ0n) is 15.1. The largest absolute Gasteiger partial charge is 0.465 e. The number of hydrogen-bond donors (Lipinski definition) is 1. The van der Waals surface area contributed by atoms with Gasteiger partial charge in [0, 0.05) is 11.3 Å². The third-order valence-corrected chi connectivity index (χ3v) is 5.76. The van der Waals surface area contributed by atoms with Crippen LogP contribution < -0.4 is 0 Å². The van der Waals surface area contributed by atoms with Crippen molar-refractivity contribution >= 4 is 23.0 Å². The molecule has 2 atom stereocenters. The van der Waals surface area contributed by atoms with Crippen LogP contribution in [-0.2, 0) is 4.74 Å². The molecule has 6 heteroatoms. The minimum Gasteiger partial charge on any atom is -0.465 e. The smallest absolute Gasteiger partial charge is 0.409 e. The van der Waals surface area contributed by atoms with Crippen LogP contribution >= 0.6 is 11.8 Å². The molecule has 1 N–H and O–H groups in total. The van der Waals surface area contributed by atoms with Crippen LogP contribution in [0.5, 0.6) is 0 Å². The third-order valence-electron chi connectivity index (χ3n) is 4.52. The zero-order valence-corrected chi connectivity index (χ0v) is 15.9. The minimum absolute atomic E-state index is 0.0849. The van der Waals surface area contributed by atoms with Crippen molar-refractivity contribution in [3.8, 4) is 0 Å². The monoisotopic (exact) mass is 365 g/mol. The molecule has 1 amide bonds. The van der Waals surface area contributed by atoms with Crippen molar-refractivity contribution < 1.29 is 19.4 Å². The summed E-state index contributed by atoms with van der Waals surface area (Å²) in [6.07, 6.45) is 1.76. The van der Waals surface area contributed by atoms with Crippen molar-refractivity contribution in [1.82, 2.24) is 4.90 Å². The highest BCUT2D eigenvalue weighted by Crippen LogP contribution is 2.30. The SMILES string of the molecule is CC(CCCC1COC(C)(C)N1C(=O)O)CSC(=O)c1ccccc1. The first kappa shape index (κ1) is 19.8. The van der Waals surface area contributed by atoms with Gasteiger partial charge in [-0.15, -0.1) is 0 Å². The summed E-state index contributed by atoms with van der Waals surface area (Å²) in [5.74, 6) is 1.19. The van der Waals surface area contributed by atoms with E-state index in [0.717, 1.165) is 30.6 Å². The molecule has 2 rings (SSSR count). The first-order valence-electron chi connectivity index (χ1n) is 8.69. The Morgan fingerprint density at radius 3 is 2.68 bits per heavy atom. The van der Waals surface area contributed by atoms with Crippen molar-refractivity contribution in [1.29, 1.82) is 0 Å². The maximum atomic E-state index is 12.1. The fourth-order valence-corrected chi connectivity index (χ4v) is 4.05. The van der Waals surface area contributed by atoms with Crippen molar-refractivity contribution in [3.63, 3.8) is 0 Å². The normalized spacial score (nSPS) is 20.4. The Bertz CT molecular complexity index is 590. The Balaban J connectivity index is 1.71.